The van der Waals surface area contributed by atoms with Crippen molar-refractivity contribution in [1.82, 2.24) is 5.32 Å². The smallest absolute Gasteiger partial charge is 0.349 e. The van der Waals surface area contributed by atoms with E-state index in [-0.39, 0.29) is 5.57 Å². The van der Waals surface area contributed by atoms with Crippen LogP contribution in [0.3, 0.4) is 0 Å². The standard InChI is InChI=1S/C8H10N2O2S/c1-3-4-10-7(13-2)6(5-9)8(11)12/h3,10H,1,4H2,2H3,(H,11,12)/b7-6+. The fourth-order valence-electron chi connectivity index (χ4n) is 0.623. The summed E-state index contributed by atoms with van der Waals surface area (Å²) in [6, 6.07) is 1.62. The first-order valence-corrected chi connectivity index (χ1v) is 4.66. The summed E-state index contributed by atoms with van der Waals surface area (Å²) in [5.74, 6) is -1.22. The number of thioether (sulfide) groups is 1. The molecule has 0 heterocycles. The fraction of sp³-hybridized carbons (Fsp3) is 0.250. The van der Waals surface area contributed by atoms with Crippen LogP contribution in [-0.4, -0.2) is 23.9 Å². The van der Waals surface area contributed by atoms with Crippen LogP contribution in [0, 0.1) is 11.3 Å². The quantitative estimate of drug-likeness (QED) is 0.391. The maximum Gasteiger partial charge on any atom is 0.349 e. The lowest BCUT2D eigenvalue weighted by atomic mass is 10.3. The van der Waals surface area contributed by atoms with Gasteiger partial charge in [0.15, 0.2) is 5.57 Å². The third-order valence-corrected chi connectivity index (χ3v) is 1.92. The third-order valence-electron chi connectivity index (χ3n) is 1.16. The number of carboxylic acid groups (broad SMARTS) is 1. The second-order valence-electron chi connectivity index (χ2n) is 1.99. The first kappa shape index (κ1) is 11.6. The summed E-state index contributed by atoms with van der Waals surface area (Å²) >= 11 is 1.19. The highest BCUT2D eigenvalue weighted by molar-refractivity contribution is 8.02. The van der Waals surface area contributed by atoms with Gasteiger partial charge in [-0.05, 0) is 6.26 Å². The first-order valence-electron chi connectivity index (χ1n) is 3.43. The van der Waals surface area contributed by atoms with Crippen molar-refractivity contribution in [3.63, 3.8) is 0 Å². The van der Waals surface area contributed by atoms with Crippen LogP contribution < -0.4 is 5.32 Å². The van der Waals surface area contributed by atoms with Crippen LogP contribution in [0.1, 0.15) is 0 Å². The van der Waals surface area contributed by atoms with E-state index in [0.29, 0.717) is 11.6 Å². The Hall–Kier alpha value is -1.41. The SMILES string of the molecule is C=CCN/C(SC)=C(/C#N)C(=O)O. The van der Waals surface area contributed by atoms with Gasteiger partial charge in [-0.1, -0.05) is 6.08 Å². The van der Waals surface area contributed by atoms with Crippen LogP contribution in [0.2, 0.25) is 0 Å². The van der Waals surface area contributed by atoms with Gasteiger partial charge in [-0.15, -0.1) is 18.3 Å². The van der Waals surface area contributed by atoms with Gasteiger partial charge in [0.1, 0.15) is 6.07 Å². The normalized spacial score (nSPS) is 11.1. The lowest BCUT2D eigenvalue weighted by Crippen LogP contribution is -2.15. The highest BCUT2D eigenvalue weighted by atomic mass is 32.2. The number of carbonyl (C=O) groups is 1. The molecule has 0 bridgehead atoms. The summed E-state index contributed by atoms with van der Waals surface area (Å²) in [5, 5.41) is 20.3. The van der Waals surface area contributed by atoms with Crippen molar-refractivity contribution < 1.29 is 9.90 Å². The number of carboxylic acids is 1. The van der Waals surface area contributed by atoms with Crippen LogP contribution in [0.25, 0.3) is 0 Å². The average molecular weight is 198 g/mol. The van der Waals surface area contributed by atoms with Crippen LogP contribution in [0.15, 0.2) is 23.3 Å². The van der Waals surface area contributed by atoms with Crippen molar-refractivity contribution in [3.05, 3.63) is 23.3 Å². The van der Waals surface area contributed by atoms with E-state index in [2.05, 4.69) is 11.9 Å². The second kappa shape index (κ2) is 6.14. The molecule has 0 aliphatic rings. The third kappa shape index (κ3) is 3.67. The zero-order valence-electron chi connectivity index (χ0n) is 7.20. The minimum absolute atomic E-state index is 0.269. The molecule has 0 rings (SSSR count). The topological polar surface area (TPSA) is 73.1 Å². The van der Waals surface area contributed by atoms with Crippen LogP contribution in [0.4, 0.5) is 0 Å². The van der Waals surface area contributed by atoms with Gasteiger partial charge in [0, 0.05) is 6.54 Å². The largest absolute Gasteiger partial charge is 0.477 e. The van der Waals surface area contributed by atoms with E-state index < -0.39 is 5.97 Å². The van der Waals surface area contributed by atoms with E-state index in [0.717, 1.165) is 0 Å². The maximum atomic E-state index is 10.5. The van der Waals surface area contributed by atoms with Crippen molar-refractivity contribution in [1.29, 1.82) is 5.26 Å². The van der Waals surface area contributed by atoms with Crippen molar-refractivity contribution in [3.8, 4) is 6.07 Å². The molecule has 2 N–H and O–H groups in total. The zero-order valence-corrected chi connectivity index (χ0v) is 8.02. The molecular formula is C8H10N2O2S. The molecule has 0 unspecified atom stereocenters. The summed E-state index contributed by atoms with van der Waals surface area (Å²) in [4.78, 5) is 10.5. The lowest BCUT2D eigenvalue weighted by molar-refractivity contribution is -0.132. The monoisotopic (exact) mass is 198 g/mol. The van der Waals surface area contributed by atoms with E-state index in [1.807, 2.05) is 0 Å². The maximum absolute atomic E-state index is 10.5. The molecule has 0 aromatic heterocycles. The number of aliphatic carboxylic acids is 1. The summed E-state index contributed by atoms with van der Waals surface area (Å²) in [7, 11) is 0. The number of hydrogen-bond donors (Lipinski definition) is 2. The molecule has 0 spiro atoms. The molecule has 5 heteroatoms. The van der Waals surface area contributed by atoms with Crippen molar-refractivity contribution >= 4 is 17.7 Å². The van der Waals surface area contributed by atoms with Gasteiger partial charge in [0.2, 0.25) is 0 Å². The average Bonchev–Trinajstić information content (AvgIpc) is 2.11. The minimum Gasteiger partial charge on any atom is -0.477 e. The molecule has 0 aromatic rings. The zero-order chi connectivity index (χ0) is 10.3. The Kier molecular flexibility index (Phi) is 5.48. The Morgan fingerprint density at radius 1 is 1.85 bits per heavy atom. The molecule has 0 saturated carbocycles. The van der Waals surface area contributed by atoms with Gasteiger partial charge < -0.3 is 10.4 Å². The van der Waals surface area contributed by atoms with Gasteiger partial charge in [-0.3, -0.25) is 0 Å². The summed E-state index contributed by atoms with van der Waals surface area (Å²) in [6.07, 6.45) is 3.29. The number of nitrogens with zero attached hydrogens (tertiary/aromatic N) is 1. The van der Waals surface area contributed by atoms with Crippen molar-refractivity contribution in [2.45, 2.75) is 0 Å². The minimum atomic E-state index is -1.22. The van der Waals surface area contributed by atoms with Gasteiger partial charge in [0.05, 0.1) is 5.03 Å². The molecule has 0 atom stereocenters. The van der Waals surface area contributed by atoms with Gasteiger partial charge in [0.25, 0.3) is 0 Å². The van der Waals surface area contributed by atoms with Crippen molar-refractivity contribution in [2.75, 3.05) is 12.8 Å². The number of nitriles is 1. The molecule has 0 amide bonds. The molecule has 0 saturated heterocycles. The van der Waals surface area contributed by atoms with E-state index in [1.165, 1.54) is 11.8 Å². The predicted octanol–water partition coefficient (Wildman–Crippen LogP) is 0.945. The summed E-state index contributed by atoms with van der Waals surface area (Å²) < 4.78 is 0. The van der Waals surface area contributed by atoms with Crippen LogP contribution >= 0.6 is 11.8 Å². The number of rotatable bonds is 5. The lowest BCUT2D eigenvalue weighted by Gasteiger charge is -2.05. The molecule has 0 aromatic carbocycles. The molecule has 13 heavy (non-hydrogen) atoms. The summed E-state index contributed by atoms with van der Waals surface area (Å²) in [5.41, 5.74) is -0.269. The molecule has 0 aliphatic carbocycles. The highest BCUT2D eigenvalue weighted by Gasteiger charge is 2.12. The van der Waals surface area contributed by atoms with Crippen LogP contribution in [-0.2, 0) is 4.79 Å². The highest BCUT2D eigenvalue weighted by Crippen LogP contribution is 2.13. The van der Waals surface area contributed by atoms with E-state index in [1.54, 1.807) is 18.4 Å². The van der Waals surface area contributed by atoms with E-state index in [4.69, 9.17) is 10.4 Å². The Labute approximate surface area is 80.9 Å². The van der Waals surface area contributed by atoms with E-state index in [9.17, 15) is 4.79 Å². The van der Waals surface area contributed by atoms with Gasteiger partial charge in [-0.25, -0.2) is 4.79 Å². The fourth-order valence-corrected chi connectivity index (χ4v) is 1.19. The molecule has 0 aliphatic heterocycles. The summed E-state index contributed by atoms with van der Waals surface area (Å²) in [6.45, 7) is 3.91. The number of nitrogens with one attached hydrogen (secondary N) is 1. The van der Waals surface area contributed by atoms with Gasteiger partial charge >= 0.3 is 5.97 Å². The Morgan fingerprint density at radius 2 is 2.46 bits per heavy atom. The Bertz CT molecular complexity index is 278. The molecule has 0 fully saturated rings. The van der Waals surface area contributed by atoms with Crippen LogP contribution in [0.5, 0.6) is 0 Å². The van der Waals surface area contributed by atoms with Crippen molar-refractivity contribution in [2.24, 2.45) is 0 Å². The van der Waals surface area contributed by atoms with E-state index >= 15 is 0 Å². The second-order valence-corrected chi connectivity index (χ2v) is 2.81. The molecular weight excluding hydrogens is 188 g/mol. The molecule has 70 valence electrons. The molecule has 0 radical (unpaired) electrons. The Balaban J connectivity index is 4.74. The predicted molar refractivity (Wildman–Crippen MR) is 52.0 cm³/mol. The first-order chi connectivity index (χ1) is 6.17. The van der Waals surface area contributed by atoms with Gasteiger partial charge in [-0.2, -0.15) is 5.26 Å². The Morgan fingerprint density at radius 3 is 2.77 bits per heavy atom. The molecule has 4 nitrogen and oxygen atoms in total. The number of hydrogen-bond acceptors (Lipinski definition) is 4.